The van der Waals surface area contributed by atoms with E-state index in [0.29, 0.717) is 6.42 Å². The molecule has 0 fully saturated rings. The second-order valence-electron chi connectivity index (χ2n) is 6.77. The minimum atomic E-state index is -0.672. The van der Waals surface area contributed by atoms with Crippen molar-refractivity contribution in [2.75, 3.05) is 6.54 Å². The Hall–Kier alpha value is -0.570. The molecule has 0 aliphatic rings. The van der Waals surface area contributed by atoms with Crippen molar-refractivity contribution < 1.29 is 9.90 Å². The van der Waals surface area contributed by atoms with Crippen molar-refractivity contribution >= 4 is 5.97 Å². The summed E-state index contributed by atoms with van der Waals surface area (Å²) in [6.07, 6.45) is 11.3. The molecule has 0 unspecified atom stereocenters. The molecule has 21 heavy (non-hydrogen) atoms. The van der Waals surface area contributed by atoms with E-state index in [1.54, 1.807) is 0 Å². The number of carbonyl (C=O) groups is 1. The lowest BCUT2D eigenvalue weighted by Gasteiger charge is -2.02. The molecule has 0 aliphatic heterocycles. The molecule has 3 nitrogen and oxygen atoms in total. The van der Waals surface area contributed by atoms with Gasteiger partial charge in [0.05, 0.1) is 0 Å². The van der Waals surface area contributed by atoms with Gasteiger partial charge < -0.3 is 10.8 Å². The van der Waals surface area contributed by atoms with Crippen LogP contribution in [0.25, 0.3) is 0 Å². The van der Waals surface area contributed by atoms with E-state index in [-0.39, 0.29) is 0 Å². The third kappa shape index (κ3) is 28.3. The average molecular weight is 302 g/mol. The Morgan fingerprint density at radius 2 is 1.24 bits per heavy atom. The van der Waals surface area contributed by atoms with Crippen LogP contribution in [0.15, 0.2) is 0 Å². The Kier molecular flexibility index (Phi) is 18.9. The van der Waals surface area contributed by atoms with Gasteiger partial charge in [0, 0.05) is 6.42 Å². The Morgan fingerprint density at radius 1 is 0.810 bits per heavy atom. The molecule has 0 atom stereocenters. The Bertz CT molecular complexity index is 215. The highest BCUT2D eigenvalue weighted by Gasteiger charge is 1.97. The summed E-state index contributed by atoms with van der Waals surface area (Å²) in [5, 5.41) is 8.32. The van der Waals surface area contributed by atoms with Gasteiger partial charge in [-0.2, -0.15) is 0 Å². The predicted molar refractivity (Wildman–Crippen MR) is 92.5 cm³/mol. The molecule has 0 aromatic rings. The summed E-state index contributed by atoms with van der Waals surface area (Å²) in [6.45, 7) is 9.81. The lowest BCUT2D eigenvalue weighted by atomic mass is 10.0. The van der Waals surface area contributed by atoms with Gasteiger partial charge >= 0.3 is 5.97 Å². The fourth-order valence-corrected chi connectivity index (χ4v) is 2.06. The molecule has 0 spiro atoms. The standard InChI is InChI=1S/C9H21N.C9H18O2/c1-9(2)7-5-3-4-6-8-10;1-8(2)6-4-3-5-7-9(10)11/h9H,3-8,10H2,1-2H3;8H,3-7H2,1-2H3,(H,10,11). The SMILES string of the molecule is CC(C)CCCCCC(=O)O.CC(C)CCCCCCN. The first-order valence-electron chi connectivity index (χ1n) is 8.82. The van der Waals surface area contributed by atoms with Crippen molar-refractivity contribution in [2.45, 2.75) is 91.9 Å². The largest absolute Gasteiger partial charge is 0.481 e. The molecule has 0 aliphatic carbocycles. The molecular formula is C18H39NO2. The van der Waals surface area contributed by atoms with E-state index in [1.165, 1.54) is 44.9 Å². The maximum atomic E-state index is 10.1. The molecule has 0 aromatic heterocycles. The predicted octanol–water partition coefficient (Wildman–Crippen LogP) is 5.23. The van der Waals surface area contributed by atoms with E-state index in [0.717, 1.165) is 31.2 Å². The summed E-state index contributed by atoms with van der Waals surface area (Å²) >= 11 is 0. The first-order valence-corrected chi connectivity index (χ1v) is 8.82. The number of carboxylic acids is 1. The highest BCUT2D eigenvalue weighted by Crippen LogP contribution is 2.09. The van der Waals surface area contributed by atoms with Crippen LogP contribution in [0.2, 0.25) is 0 Å². The lowest BCUT2D eigenvalue weighted by Crippen LogP contribution is -1.97. The topological polar surface area (TPSA) is 63.3 Å². The van der Waals surface area contributed by atoms with Crippen LogP contribution in [0.1, 0.15) is 91.9 Å². The van der Waals surface area contributed by atoms with Gasteiger partial charge in [-0.05, 0) is 31.2 Å². The van der Waals surface area contributed by atoms with E-state index < -0.39 is 5.97 Å². The van der Waals surface area contributed by atoms with E-state index in [1.807, 2.05) is 0 Å². The van der Waals surface area contributed by atoms with Gasteiger partial charge in [-0.25, -0.2) is 0 Å². The molecule has 0 aromatic carbocycles. The van der Waals surface area contributed by atoms with Crippen LogP contribution in [0, 0.1) is 11.8 Å². The molecule has 0 radical (unpaired) electrons. The zero-order valence-corrected chi connectivity index (χ0v) is 14.9. The molecule has 0 rings (SSSR count). The number of carboxylic acid groups (broad SMARTS) is 1. The quantitative estimate of drug-likeness (QED) is 0.485. The summed E-state index contributed by atoms with van der Waals surface area (Å²) in [4.78, 5) is 10.1. The third-order valence-electron chi connectivity index (χ3n) is 3.41. The molecule has 0 heterocycles. The number of rotatable bonds is 12. The molecule has 128 valence electrons. The van der Waals surface area contributed by atoms with E-state index in [2.05, 4.69) is 27.7 Å². The van der Waals surface area contributed by atoms with Gasteiger partial charge in [-0.1, -0.05) is 72.6 Å². The smallest absolute Gasteiger partial charge is 0.303 e. The number of hydrogen-bond donors (Lipinski definition) is 2. The maximum absolute atomic E-state index is 10.1. The fourth-order valence-electron chi connectivity index (χ4n) is 2.06. The van der Waals surface area contributed by atoms with Gasteiger partial charge in [0.25, 0.3) is 0 Å². The van der Waals surface area contributed by atoms with E-state index >= 15 is 0 Å². The normalized spacial score (nSPS) is 10.6. The number of unbranched alkanes of at least 4 members (excludes halogenated alkanes) is 5. The van der Waals surface area contributed by atoms with Gasteiger partial charge in [0.1, 0.15) is 0 Å². The second-order valence-corrected chi connectivity index (χ2v) is 6.77. The minimum absolute atomic E-state index is 0.331. The molecule has 0 bridgehead atoms. The van der Waals surface area contributed by atoms with Crippen molar-refractivity contribution in [1.29, 1.82) is 0 Å². The highest BCUT2D eigenvalue weighted by molar-refractivity contribution is 5.66. The Morgan fingerprint density at radius 3 is 1.62 bits per heavy atom. The summed E-state index contributed by atoms with van der Waals surface area (Å²) < 4.78 is 0. The fraction of sp³-hybridized carbons (Fsp3) is 0.944. The zero-order chi connectivity index (χ0) is 16.5. The van der Waals surface area contributed by atoms with Crippen molar-refractivity contribution in [3.8, 4) is 0 Å². The van der Waals surface area contributed by atoms with Crippen LogP contribution in [0.5, 0.6) is 0 Å². The summed E-state index contributed by atoms with van der Waals surface area (Å²) in [5.74, 6) is 0.951. The lowest BCUT2D eigenvalue weighted by molar-refractivity contribution is -0.137. The Labute approximate surface area is 132 Å². The number of nitrogens with two attached hydrogens (primary N) is 1. The molecule has 0 amide bonds. The number of aliphatic carboxylic acids is 1. The van der Waals surface area contributed by atoms with Gasteiger partial charge in [0.15, 0.2) is 0 Å². The van der Waals surface area contributed by atoms with Crippen LogP contribution in [-0.4, -0.2) is 17.6 Å². The molecular weight excluding hydrogens is 262 g/mol. The van der Waals surface area contributed by atoms with Crippen molar-refractivity contribution in [3.63, 3.8) is 0 Å². The third-order valence-corrected chi connectivity index (χ3v) is 3.41. The van der Waals surface area contributed by atoms with Crippen LogP contribution >= 0.6 is 0 Å². The summed E-state index contributed by atoms with van der Waals surface area (Å²) in [5.41, 5.74) is 5.37. The summed E-state index contributed by atoms with van der Waals surface area (Å²) in [7, 11) is 0. The monoisotopic (exact) mass is 301 g/mol. The van der Waals surface area contributed by atoms with Crippen LogP contribution in [0.3, 0.4) is 0 Å². The second kappa shape index (κ2) is 17.5. The molecule has 3 heteroatoms. The Balaban J connectivity index is 0. The number of hydrogen-bond acceptors (Lipinski definition) is 2. The average Bonchev–Trinajstić information content (AvgIpc) is 2.38. The maximum Gasteiger partial charge on any atom is 0.303 e. The van der Waals surface area contributed by atoms with E-state index in [9.17, 15) is 4.79 Å². The molecule has 0 saturated carbocycles. The van der Waals surface area contributed by atoms with Crippen LogP contribution < -0.4 is 5.73 Å². The molecule has 3 N–H and O–H groups in total. The van der Waals surface area contributed by atoms with Gasteiger partial charge in [-0.3, -0.25) is 4.79 Å². The first-order chi connectivity index (χ1) is 9.90. The van der Waals surface area contributed by atoms with Crippen molar-refractivity contribution in [1.82, 2.24) is 0 Å². The van der Waals surface area contributed by atoms with E-state index in [4.69, 9.17) is 10.8 Å². The van der Waals surface area contributed by atoms with Crippen LogP contribution in [-0.2, 0) is 4.79 Å². The van der Waals surface area contributed by atoms with Crippen molar-refractivity contribution in [2.24, 2.45) is 17.6 Å². The van der Waals surface area contributed by atoms with Crippen molar-refractivity contribution in [3.05, 3.63) is 0 Å². The molecule has 0 saturated heterocycles. The highest BCUT2D eigenvalue weighted by atomic mass is 16.4. The summed E-state index contributed by atoms with van der Waals surface area (Å²) in [6, 6.07) is 0. The zero-order valence-electron chi connectivity index (χ0n) is 14.9. The van der Waals surface area contributed by atoms with Gasteiger partial charge in [0.2, 0.25) is 0 Å². The first kappa shape index (κ1) is 22.7. The minimum Gasteiger partial charge on any atom is -0.481 e. The van der Waals surface area contributed by atoms with Crippen LogP contribution in [0.4, 0.5) is 0 Å². The van der Waals surface area contributed by atoms with Gasteiger partial charge in [-0.15, -0.1) is 0 Å².